The monoisotopic (exact) mass is 325 g/mol. The first-order valence-electron chi connectivity index (χ1n) is 3.29. The Morgan fingerprint density at radius 1 is 1.55 bits per heavy atom. The minimum absolute atomic E-state index is 0.596. The van der Waals surface area contributed by atoms with Crippen LogP contribution in [0.1, 0.15) is 11.1 Å². The molecule has 0 aliphatic heterocycles. The third kappa shape index (κ3) is 2.16. The van der Waals surface area contributed by atoms with E-state index in [2.05, 4.69) is 57.6 Å². The number of aryl methyl sites for hydroxylation is 1. The highest BCUT2D eigenvalue weighted by molar-refractivity contribution is 14.1. The summed E-state index contributed by atoms with van der Waals surface area (Å²) in [6, 6.07) is 4.22. The Morgan fingerprint density at radius 3 is 2.64 bits per heavy atom. The highest BCUT2D eigenvalue weighted by Gasteiger charge is 2.02. The second-order valence-corrected chi connectivity index (χ2v) is 4.43. The maximum Gasteiger partial charge on any atom is 0.0233 e. The number of halogens is 2. The van der Waals surface area contributed by atoms with Crippen molar-refractivity contribution in [2.75, 3.05) is 0 Å². The molecule has 1 aromatic rings. The van der Waals surface area contributed by atoms with E-state index < -0.39 is 0 Å². The molecule has 1 rings (SSSR count). The molecule has 0 fully saturated rings. The van der Waals surface area contributed by atoms with Crippen LogP contribution in [0, 0.1) is 10.5 Å². The average Bonchev–Trinajstić information content (AvgIpc) is 1.85. The van der Waals surface area contributed by atoms with Gasteiger partial charge in [-0.05, 0) is 52.8 Å². The van der Waals surface area contributed by atoms with E-state index in [1.165, 1.54) is 14.7 Å². The zero-order valence-corrected chi connectivity index (χ0v) is 9.94. The minimum atomic E-state index is 0.596. The van der Waals surface area contributed by atoms with Gasteiger partial charge in [0.2, 0.25) is 0 Å². The summed E-state index contributed by atoms with van der Waals surface area (Å²) >= 11 is 5.77. The van der Waals surface area contributed by atoms with Crippen LogP contribution in [0.25, 0.3) is 0 Å². The Labute approximate surface area is 88.6 Å². The summed E-state index contributed by atoms with van der Waals surface area (Å²) in [6.07, 6.45) is 0. The van der Waals surface area contributed by atoms with Gasteiger partial charge in [-0.25, -0.2) is 0 Å². The van der Waals surface area contributed by atoms with Crippen molar-refractivity contribution in [2.24, 2.45) is 5.73 Å². The smallest absolute Gasteiger partial charge is 0.0233 e. The van der Waals surface area contributed by atoms with Crippen LogP contribution in [-0.2, 0) is 6.54 Å². The van der Waals surface area contributed by atoms with Crippen molar-refractivity contribution in [3.8, 4) is 0 Å². The van der Waals surface area contributed by atoms with Crippen LogP contribution < -0.4 is 5.73 Å². The minimum Gasteiger partial charge on any atom is -0.326 e. The molecule has 11 heavy (non-hydrogen) atoms. The molecule has 0 unspecified atom stereocenters. The third-order valence-electron chi connectivity index (χ3n) is 1.49. The van der Waals surface area contributed by atoms with Gasteiger partial charge < -0.3 is 5.73 Å². The van der Waals surface area contributed by atoms with Crippen LogP contribution >= 0.6 is 38.5 Å². The fourth-order valence-corrected chi connectivity index (χ4v) is 3.03. The molecule has 1 aromatic carbocycles. The topological polar surface area (TPSA) is 26.0 Å². The van der Waals surface area contributed by atoms with Gasteiger partial charge in [0, 0.05) is 14.6 Å². The molecule has 0 spiro atoms. The Hall–Kier alpha value is 0.390. The highest BCUT2D eigenvalue weighted by Crippen LogP contribution is 2.23. The lowest BCUT2D eigenvalue weighted by molar-refractivity contribution is 1.05. The average molecular weight is 326 g/mol. The van der Waals surface area contributed by atoms with E-state index in [0.717, 1.165) is 4.47 Å². The molecule has 0 aliphatic rings. The maximum atomic E-state index is 5.57. The fraction of sp³-hybridized carbons (Fsp3) is 0.250. The Balaban J connectivity index is 3.25. The van der Waals surface area contributed by atoms with Gasteiger partial charge in [-0.3, -0.25) is 0 Å². The summed E-state index contributed by atoms with van der Waals surface area (Å²) in [6.45, 7) is 2.67. The van der Waals surface area contributed by atoms with Crippen LogP contribution in [0.5, 0.6) is 0 Å². The van der Waals surface area contributed by atoms with Crippen molar-refractivity contribution in [1.82, 2.24) is 0 Å². The van der Waals surface area contributed by atoms with Crippen molar-refractivity contribution in [3.05, 3.63) is 31.3 Å². The lowest BCUT2D eigenvalue weighted by Crippen LogP contribution is -2.00. The summed E-state index contributed by atoms with van der Waals surface area (Å²) in [5.41, 5.74) is 8.02. The number of benzene rings is 1. The van der Waals surface area contributed by atoms with Gasteiger partial charge in [-0.15, -0.1) is 0 Å². The second kappa shape index (κ2) is 3.87. The molecule has 3 heteroatoms. The maximum absolute atomic E-state index is 5.57. The van der Waals surface area contributed by atoms with Gasteiger partial charge in [0.1, 0.15) is 0 Å². The largest absolute Gasteiger partial charge is 0.326 e. The zero-order chi connectivity index (χ0) is 8.43. The van der Waals surface area contributed by atoms with Crippen LogP contribution in [0.2, 0.25) is 0 Å². The molecule has 1 nitrogen and oxygen atoms in total. The van der Waals surface area contributed by atoms with Crippen LogP contribution in [0.3, 0.4) is 0 Å². The molecule has 0 atom stereocenters. The van der Waals surface area contributed by atoms with Gasteiger partial charge >= 0.3 is 0 Å². The third-order valence-corrected chi connectivity index (χ3v) is 3.16. The molecule has 0 aliphatic carbocycles. The number of rotatable bonds is 1. The van der Waals surface area contributed by atoms with E-state index in [-0.39, 0.29) is 0 Å². The fourth-order valence-electron chi connectivity index (χ4n) is 0.925. The molecule has 2 N–H and O–H groups in total. The lowest BCUT2D eigenvalue weighted by atomic mass is 10.1. The van der Waals surface area contributed by atoms with Gasteiger partial charge in [0.05, 0.1) is 0 Å². The Kier molecular flexibility index (Phi) is 3.33. The van der Waals surface area contributed by atoms with Gasteiger partial charge in [0.15, 0.2) is 0 Å². The number of hydrogen-bond donors (Lipinski definition) is 1. The summed E-state index contributed by atoms with van der Waals surface area (Å²) in [4.78, 5) is 0. The molecule has 0 amide bonds. The second-order valence-electron chi connectivity index (χ2n) is 2.41. The molecule has 0 saturated carbocycles. The van der Waals surface area contributed by atoms with Crippen LogP contribution in [-0.4, -0.2) is 0 Å². The van der Waals surface area contributed by atoms with E-state index in [1.54, 1.807) is 0 Å². The number of nitrogens with two attached hydrogens (primary N) is 1. The normalized spacial score (nSPS) is 10.2. The SMILES string of the molecule is Cc1cc(Br)c(CN)c(I)c1. The van der Waals surface area contributed by atoms with Crippen molar-refractivity contribution in [1.29, 1.82) is 0 Å². The van der Waals surface area contributed by atoms with Crippen molar-refractivity contribution < 1.29 is 0 Å². The van der Waals surface area contributed by atoms with Crippen molar-refractivity contribution >= 4 is 38.5 Å². The zero-order valence-electron chi connectivity index (χ0n) is 6.20. The molecule has 60 valence electrons. The first kappa shape index (κ1) is 9.48. The first-order valence-corrected chi connectivity index (χ1v) is 5.17. The lowest BCUT2D eigenvalue weighted by Gasteiger charge is -2.05. The van der Waals surface area contributed by atoms with E-state index in [9.17, 15) is 0 Å². The van der Waals surface area contributed by atoms with Crippen LogP contribution in [0.15, 0.2) is 16.6 Å². The predicted molar refractivity (Wildman–Crippen MR) is 59.5 cm³/mol. The molecule has 0 aromatic heterocycles. The molecule has 0 heterocycles. The summed E-state index contributed by atoms with van der Waals surface area (Å²) in [7, 11) is 0. The van der Waals surface area contributed by atoms with Gasteiger partial charge in [0.25, 0.3) is 0 Å². The summed E-state index contributed by atoms with van der Waals surface area (Å²) in [5.74, 6) is 0. The Bertz CT molecular complexity index is 250. The van der Waals surface area contributed by atoms with E-state index in [1.807, 2.05) is 0 Å². The Morgan fingerprint density at radius 2 is 2.18 bits per heavy atom. The predicted octanol–water partition coefficient (Wildman–Crippen LogP) is 2.82. The highest BCUT2D eigenvalue weighted by atomic mass is 127. The van der Waals surface area contributed by atoms with E-state index in [0.29, 0.717) is 6.54 Å². The molecule has 0 radical (unpaired) electrons. The van der Waals surface area contributed by atoms with Gasteiger partial charge in [-0.2, -0.15) is 0 Å². The molecule has 0 bridgehead atoms. The first-order chi connectivity index (χ1) is 5.15. The quantitative estimate of drug-likeness (QED) is 0.789. The standard InChI is InChI=1S/C8H9BrIN/c1-5-2-7(9)6(4-11)8(10)3-5/h2-3H,4,11H2,1H3. The molecular formula is C8H9BrIN. The van der Waals surface area contributed by atoms with Crippen molar-refractivity contribution in [3.63, 3.8) is 0 Å². The van der Waals surface area contributed by atoms with E-state index >= 15 is 0 Å². The summed E-state index contributed by atoms with van der Waals surface area (Å²) in [5, 5.41) is 0. The summed E-state index contributed by atoms with van der Waals surface area (Å²) < 4.78 is 2.35. The van der Waals surface area contributed by atoms with E-state index in [4.69, 9.17) is 5.73 Å². The number of hydrogen-bond acceptors (Lipinski definition) is 1. The van der Waals surface area contributed by atoms with Gasteiger partial charge in [-0.1, -0.05) is 15.9 Å². The van der Waals surface area contributed by atoms with Crippen molar-refractivity contribution in [2.45, 2.75) is 13.5 Å². The molecular weight excluding hydrogens is 317 g/mol. The molecule has 0 saturated heterocycles. The van der Waals surface area contributed by atoms with Crippen LogP contribution in [0.4, 0.5) is 0 Å².